The Bertz CT molecular complexity index is 2210. The summed E-state index contributed by atoms with van der Waals surface area (Å²) in [6, 6.07) is 56.7. The zero-order chi connectivity index (χ0) is 33.5. The molecule has 0 radical (unpaired) electrons. The molecule has 0 spiro atoms. The second kappa shape index (κ2) is 14.1. The fourth-order valence-electron chi connectivity index (χ4n) is 5.75. The number of aromatic nitrogens is 6. The summed E-state index contributed by atoms with van der Waals surface area (Å²) in [5.74, 6) is 1.16. The molecule has 0 N–H and O–H groups in total. The molecule has 0 amide bonds. The van der Waals surface area contributed by atoms with Crippen molar-refractivity contribution < 1.29 is 0 Å². The molecule has 0 unspecified atom stereocenters. The zero-order valence-electron chi connectivity index (χ0n) is 27.0. The Morgan fingerprint density at radius 2 is 0.560 bits per heavy atom. The minimum Gasteiger partial charge on any atom is -0.224 e. The summed E-state index contributed by atoms with van der Waals surface area (Å²) in [5, 5.41) is 18.3. The standard InChI is InChI=1S/C44H30N6/c1-5-13-33(14-6-1)39-41(35-17-9-3-10-18-35)47-49-43(45-39)37-27-23-31(24-28-37)21-22-32-25-29-38(30-26-32)44-46-40(34-15-7-2-8-16-34)42(48-50-44)36-19-11-4-12-20-36/h1-30H. The van der Waals surface area contributed by atoms with E-state index < -0.39 is 0 Å². The minimum atomic E-state index is 0.582. The van der Waals surface area contributed by atoms with Crippen LogP contribution in [0.1, 0.15) is 11.1 Å². The van der Waals surface area contributed by atoms with Crippen molar-refractivity contribution in [3.05, 3.63) is 181 Å². The normalized spacial score (nSPS) is 11.1. The molecule has 8 rings (SSSR count). The molecule has 6 heteroatoms. The van der Waals surface area contributed by atoms with Gasteiger partial charge in [-0.15, -0.1) is 20.4 Å². The number of rotatable bonds is 8. The van der Waals surface area contributed by atoms with Gasteiger partial charge >= 0.3 is 0 Å². The quantitative estimate of drug-likeness (QED) is 0.154. The molecule has 2 heterocycles. The minimum absolute atomic E-state index is 0.582. The van der Waals surface area contributed by atoms with E-state index in [0.717, 1.165) is 67.3 Å². The van der Waals surface area contributed by atoms with E-state index >= 15 is 0 Å². The number of hydrogen-bond donors (Lipinski definition) is 0. The fourth-order valence-corrected chi connectivity index (χ4v) is 5.75. The number of benzene rings is 6. The molecule has 2 aromatic heterocycles. The summed E-state index contributed by atoms with van der Waals surface area (Å²) >= 11 is 0. The third-order valence-corrected chi connectivity index (χ3v) is 8.37. The van der Waals surface area contributed by atoms with E-state index in [1.54, 1.807) is 0 Å². The zero-order valence-corrected chi connectivity index (χ0v) is 27.0. The highest BCUT2D eigenvalue weighted by Gasteiger charge is 2.16. The van der Waals surface area contributed by atoms with E-state index in [2.05, 4.69) is 56.8 Å². The first-order chi connectivity index (χ1) is 24.8. The van der Waals surface area contributed by atoms with Gasteiger partial charge in [-0.05, 0) is 11.1 Å². The van der Waals surface area contributed by atoms with Gasteiger partial charge in [0.15, 0.2) is 11.6 Å². The van der Waals surface area contributed by atoms with Crippen molar-refractivity contribution in [1.29, 1.82) is 0 Å². The second-order valence-corrected chi connectivity index (χ2v) is 11.7. The lowest BCUT2D eigenvalue weighted by Crippen LogP contribution is -2.00. The van der Waals surface area contributed by atoms with Crippen LogP contribution in [0.15, 0.2) is 170 Å². The van der Waals surface area contributed by atoms with Crippen molar-refractivity contribution >= 4 is 12.2 Å². The predicted octanol–water partition coefficient (Wildman–Crippen LogP) is 10.2. The van der Waals surface area contributed by atoms with E-state index in [1.165, 1.54) is 0 Å². The van der Waals surface area contributed by atoms with Gasteiger partial charge in [0, 0.05) is 33.4 Å². The molecule has 0 aliphatic carbocycles. The Kier molecular flexibility index (Phi) is 8.55. The van der Waals surface area contributed by atoms with Crippen LogP contribution in [0.2, 0.25) is 0 Å². The summed E-state index contributed by atoms with van der Waals surface area (Å²) in [6.07, 6.45) is 4.18. The van der Waals surface area contributed by atoms with Gasteiger partial charge in [0.2, 0.25) is 0 Å². The predicted molar refractivity (Wildman–Crippen MR) is 201 cm³/mol. The van der Waals surface area contributed by atoms with Gasteiger partial charge in [-0.25, -0.2) is 9.97 Å². The van der Waals surface area contributed by atoms with Crippen LogP contribution in [0.4, 0.5) is 0 Å². The van der Waals surface area contributed by atoms with Crippen LogP contribution in [0.3, 0.4) is 0 Å². The van der Waals surface area contributed by atoms with Crippen LogP contribution < -0.4 is 0 Å². The maximum absolute atomic E-state index is 4.98. The van der Waals surface area contributed by atoms with Gasteiger partial charge < -0.3 is 0 Å². The van der Waals surface area contributed by atoms with E-state index in [1.807, 2.05) is 146 Å². The highest BCUT2D eigenvalue weighted by Crippen LogP contribution is 2.31. The molecule has 0 fully saturated rings. The molecule has 6 nitrogen and oxygen atoms in total. The van der Waals surface area contributed by atoms with E-state index in [0.29, 0.717) is 11.6 Å². The first kappa shape index (κ1) is 30.4. The molecule has 0 aliphatic heterocycles. The van der Waals surface area contributed by atoms with Crippen molar-refractivity contribution in [2.75, 3.05) is 0 Å². The highest BCUT2D eigenvalue weighted by molar-refractivity contribution is 5.80. The van der Waals surface area contributed by atoms with Gasteiger partial charge in [0.1, 0.15) is 22.8 Å². The first-order valence-electron chi connectivity index (χ1n) is 16.4. The Morgan fingerprint density at radius 3 is 0.880 bits per heavy atom. The summed E-state index contributed by atoms with van der Waals surface area (Å²) in [4.78, 5) is 9.96. The molecule has 0 atom stereocenters. The lowest BCUT2D eigenvalue weighted by Gasteiger charge is -2.10. The van der Waals surface area contributed by atoms with Crippen molar-refractivity contribution in [1.82, 2.24) is 30.4 Å². The molecule has 0 saturated carbocycles. The average molecular weight is 643 g/mol. The van der Waals surface area contributed by atoms with Gasteiger partial charge in [-0.1, -0.05) is 182 Å². The van der Waals surface area contributed by atoms with Crippen molar-refractivity contribution in [3.63, 3.8) is 0 Å². The fraction of sp³-hybridized carbons (Fsp3) is 0. The first-order valence-corrected chi connectivity index (χ1v) is 16.4. The lowest BCUT2D eigenvalue weighted by molar-refractivity contribution is 0.991. The van der Waals surface area contributed by atoms with Crippen LogP contribution in [0.5, 0.6) is 0 Å². The molecule has 6 aromatic carbocycles. The maximum Gasteiger partial charge on any atom is 0.182 e. The van der Waals surface area contributed by atoms with Gasteiger partial charge in [-0.3, -0.25) is 0 Å². The van der Waals surface area contributed by atoms with Crippen LogP contribution in [0, 0.1) is 0 Å². The van der Waals surface area contributed by atoms with Crippen molar-refractivity contribution in [2.24, 2.45) is 0 Å². The Labute approximate surface area is 290 Å². The van der Waals surface area contributed by atoms with E-state index in [9.17, 15) is 0 Å². The van der Waals surface area contributed by atoms with Crippen molar-refractivity contribution in [3.8, 4) is 67.8 Å². The average Bonchev–Trinajstić information content (AvgIpc) is 3.21. The maximum atomic E-state index is 4.98. The molecule has 8 aromatic rings. The molecule has 50 heavy (non-hydrogen) atoms. The van der Waals surface area contributed by atoms with E-state index in [-0.39, 0.29) is 0 Å². The third-order valence-electron chi connectivity index (χ3n) is 8.37. The summed E-state index contributed by atoms with van der Waals surface area (Å²) in [6.45, 7) is 0. The monoisotopic (exact) mass is 642 g/mol. The Balaban J connectivity index is 1.02. The van der Waals surface area contributed by atoms with Crippen LogP contribution in [0.25, 0.3) is 80.0 Å². The Hall–Kier alpha value is -6.92. The second-order valence-electron chi connectivity index (χ2n) is 11.7. The Morgan fingerprint density at radius 1 is 0.260 bits per heavy atom. The van der Waals surface area contributed by atoms with Gasteiger partial charge in [-0.2, -0.15) is 0 Å². The topological polar surface area (TPSA) is 77.3 Å². The summed E-state index contributed by atoms with van der Waals surface area (Å²) in [7, 11) is 0. The highest BCUT2D eigenvalue weighted by atomic mass is 15.2. The van der Waals surface area contributed by atoms with Gasteiger partial charge in [0.05, 0.1) is 0 Å². The molecule has 236 valence electrons. The van der Waals surface area contributed by atoms with Crippen LogP contribution in [-0.4, -0.2) is 30.4 Å². The molecule has 0 bridgehead atoms. The largest absolute Gasteiger partial charge is 0.224 e. The SMILES string of the molecule is C(=Cc1ccc(-c2nnc(-c3ccccc3)c(-c3ccccc3)n2)cc1)c1ccc(-c2nnc(-c3ccccc3)c(-c3ccccc3)n2)cc1. The third kappa shape index (κ3) is 6.59. The lowest BCUT2D eigenvalue weighted by atomic mass is 10.0. The molecule has 0 aliphatic rings. The van der Waals surface area contributed by atoms with Crippen LogP contribution in [-0.2, 0) is 0 Å². The van der Waals surface area contributed by atoms with E-state index in [4.69, 9.17) is 9.97 Å². The smallest absolute Gasteiger partial charge is 0.182 e. The van der Waals surface area contributed by atoms with Crippen molar-refractivity contribution in [2.45, 2.75) is 0 Å². The molecular formula is C44H30N6. The number of hydrogen-bond acceptors (Lipinski definition) is 6. The summed E-state index contributed by atoms with van der Waals surface area (Å²) < 4.78 is 0. The van der Waals surface area contributed by atoms with Gasteiger partial charge in [0.25, 0.3) is 0 Å². The molecule has 0 saturated heterocycles. The summed E-state index contributed by atoms with van der Waals surface area (Å²) in [5.41, 5.74) is 11.0. The molecular weight excluding hydrogens is 613 g/mol. The van der Waals surface area contributed by atoms with Crippen LogP contribution >= 0.6 is 0 Å². The number of nitrogens with zero attached hydrogens (tertiary/aromatic N) is 6.